The van der Waals surface area contributed by atoms with E-state index in [4.69, 9.17) is 11.6 Å². The Hall–Kier alpha value is -1.33. The third-order valence-corrected chi connectivity index (χ3v) is 3.85. The van der Waals surface area contributed by atoms with Gasteiger partial charge in [0.2, 0.25) is 0 Å². The van der Waals surface area contributed by atoms with E-state index in [9.17, 15) is 9.90 Å². The van der Waals surface area contributed by atoms with Crippen LogP contribution in [0.1, 0.15) is 49.4 Å². The van der Waals surface area contributed by atoms with Crippen molar-refractivity contribution in [3.8, 4) is 0 Å². The highest BCUT2D eigenvalue weighted by atomic mass is 35.5. The van der Waals surface area contributed by atoms with Gasteiger partial charge in [-0.05, 0) is 31.4 Å². The molecule has 0 radical (unpaired) electrons. The number of aliphatic hydroxyl groups excluding tert-OH is 1. The average molecular weight is 312 g/mol. The number of amides is 1. The molecule has 3 N–H and O–H groups in total. The van der Waals surface area contributed by atoms with Crippen LogP contribution < -0.4 is 10.6 Å². The van der Waals surface area contributed by atoms with Crippen molar-refractivity contribution in [1.82, 2.24) is 10.3 Å². The number of hydrogen-bond acceptors (Lipinski definition) is 4. The first-order chi connectivity index (χ1) is 10.1. The summed E-state index contributed by atoms with van der Waals surface area (Å²) in [7, 11) is 0. The van der Waals surface area contributed by atoms with Gasteiger partial charge in [0.05, 0.1) is 12.1 Å². The minimum Gasteiger partial charge on any atom is -0.391 e. The van der Waals surface area contributed by atoms with Gasteiger partial charge in [0, 0.05) is 12.1 Å². The van der Waals surface area contributed by atoms with Crippen molar-refractivity contribution < 1.29 is 9.90 Å². The molecule has 2 atom stereocenters. The van der Waals surface area contributed by atoms with Crippen molar-refractivity contribution in [2.24, 2.45) is 0 Å². The number of anilines is 1. The highest BCUT2D eigenvalue weighted by molar-refractivity contribution is 6.29. The molecule has 0 aromatic carbocycles. The number of pyridine rings is 1. The summed E-state index contributed by atoms with van der Waals surface area (Å²) < 4.78 is 0. The zero-order chi connectivity index (χ0) is 15.2. The summed E-state index contributed by atoms with van der Waals surface area (Å²) >= 11 is 5.96. The molecule has 1 heterocycles. The Kier molecular flexibility index (Phi) is 5.82. The van der Waals surface area contributed by atoms with Crippen LogP contribution in [0.4, 0.5) is 5.82 Å². The van der Waals surface area contributed by atoms with E-state index in [2.05, 4.69) is 22.5 Å². The van der Waals surface area contributed by atoms with Crippen LogP contribution in [0.5, 0.6) is 0 Å². The number of nitrogens with one attached hydrogen (secondary N) is 2. The Morgan fingerprint density at radius 2 is 2.19 bits per heavy atom. The Balaban J connectivity index is 2.05. The fourth-order valence-electron chi connectivity index (χ4n) is 2.50. The average Bonchev–Trinajstić information content (AvgIpc) is 2.47. The normalized spacial score (nSPS) is 21.9. The summed E-state index contributed by atoms with van der Waals surface area (Å²) in [5.74, 6) is 0.378. The van der Waals surface area contributed by atoms with Gasteiger partial charge in [0.25, 0.3) is 5.91 Å². The molecule has 0 spiro atoms. The number of halogens is 1. The predicted octanol–water partition coefficient (Wildman–Crippen LogP) is 2.59. The van der Waals surface area contributed by atoms with E-state index in [1.807, 2.05) is 0 Å². The summed E-state index contributed by atoms with van der Waals surface area (Å²) in [5, 5.41) is 16.2. The zero-order valence-electron chi connectivity index (χ0n) is 12.2. The summed E-state index contributed by atoms with van der Waals surface area (Å²) in [6.45, 7) is 2.82. The second-order valence-corrected chi connectivity index (χ2v) is 5.81. The maximum absolute atomic E-state index is 12.3. The van der Waals surface area contributed by atoms with Crippen LogP contribution in [0.15, 0.2) is 12.1 Å². The lowest BCUT2D eigenvalue weighted by atomic mass is 9.92. The SMILES string of the molecule is CCCNc1cc(C(=O)NC2CCCCC2O)cc(Cl)n1. The fourth-order valence-corrected chi connectivity index (χ4v) is 2.71. The molecule has 1 amide bonds. The van der Waals surface area contributed by atoms with Crippen LogP contribution in [0.3, 0.4) is 0 Å². The number of nitrogens with zero attached hydrogens (tertiary/aromatic N) is 1. The minimum absolute atomic E-state index is 0.176. The van der Waals surface area contributed by atoms with Crippen molar-refractivity contribution in [2.45, 2.75) is 51.2 Å². The minimum atomic E-state index is -0.460. The van der Waals surface area contributed by atoms with Crippen molar-refractivity contribution in [2.75, 3.05) is 11.9 Å². The molecular weight excluding hydrogens is 290 g/mol. The molecule has 1 aliphatic rings. The number of aromatic nitrogens is 1. The lowest BCUT2D eigenvalue weighted by molar-refractivity contribution is 0.0717. The maximum Gasteiger partial charge on any atom is 0.251 e. The summed E-state index contributed by atoms with van der Waals surface area (Å²) in [5.41, 5.74) is 0.464. The number of carbonyl (C=O) groups is 1. The largest absolute Gasteiger partial charge is 0.391 e. The molecule has 1 aromatic rings. The van der Waals surface area contributed by atoms with Crippen molar-refractivity contribution in [3.05, 3.63) is 22.8 Å². The summed E-state index contributed by atoms with van der Waals surface area (Å²) in [6, 6.07) is 3.06. The quantitative estimate of drug-likeness (QED) is 0.731. The molecule has 116 valence electrons. The third kappa shape index (κ3) is 4.58. The Morgan fingerprint density at radius 3 is 2.90 bits per heavy atom. The van der Waals surface area contributed by atoms with Crippen LogP contribution in [-0.4, -0.2) is 34.7 Å². The van der Waals surface area contributed by atoms with Gasteiger partial charge in [0.1, 0.15) is 11.0 Å². The van der Waals surface area contributed by atoms with E-state index < -0.39 is 6.10 Å². The molecule has 2 unspecified atom stereocenters. The molecule has 0 aliphatic heterocycles. The monoisotopic (exact) mass is 311 g/mol. The zero-order valence-corrected chi connectivity index (χ0v) is 13.0. The first-order valence-electron chi connectivity index (χ1n) is 7.50. The molecule has 1 fully saturated rings. The van der Waals surface area contributed by atoms with Gasteiger partial charge < -0.3 is 15.7 Å². The van der Waals surface area contributed by atoms with Crippen LogP contribution in [0, 0.1) is 0 Å². The number of aliphatic hydroxyl groups is 1. The standard InChI is InChI=1S/C15H22ClN3O2/c1-2-7-17-14-9-10(8-13(16)19-14)15(21)18-11-5-3-4-6-12(11)20/h8-9,11-12,20H,2-7H2,1H3,(H,17,19)(H,18,21). The topological polar surface area (TPSA) is 74.2 Å². The number of hydrogen-bond donors (Lipinski definition) is 3. The Morgan fingerprint density at radius 1 is 1.43 bits per heavy atom. The molecule has 2 rings (SSSR count). The first kappa shape index (κ1) is 16.0. The van der Waals surface area contributed by atoms with E-state index in [0.717, 1.165) is 38.6 Å². The van der Waals surface area contributed by atoms with Crippen molar-refractivity contribution >= 4 is 23.3 Å². The Bertz CT molecular complexity index is 496. The highest BCUT2D eigenvalue weighted by Crippen LogP contribution is 2.20. The Labute approximate surface area is 130 Å². The van der Waals surface area contributed by atoms with Crippen molar-refractivity contribution in [3.63, 3.8) is 0 Å². The lowest BCUT2D eigenvalue weighted by Crippen LogP contribution is -2.45. The smallest absolute Gasteiger partial charge is 0.251 e. The molecule has 1 aromatic heterocycles. The number of rotatable bonds is 5. The molecule has 1 aliphatic carbocycles. The third-order valence-electron chi connectivity index (χ3n) is 3.66. The second-order valence-electron chi connectivity index (χ2n) is 5.42. The van der Waals surface area contributed by atoms with Gasteiger partial charge in [-0.25, -0.2) is 4.98 Å². The highest BCUT2D eigenvalue weighted by Gasteiger charge is 2.25. The van der Waals surface area contributed by atoms with Gasteiger partial charge >= 0.3 is 0 Å². The summed E-state index contributed by atoms with van der Waals surface area (Å²) in [4.78, 5) is 16.4. The fraction of sp³-hybridized carbons (Fsp3) is 0.600. The molecule has 5 nitrogen and oxygen atoms in total. The van der Waals surface area contributed by atoms with Crippen LogP contribution in [-0.2, 0) is 0 Å². The van der Waals surface area contributed by atoms with Crippen LogP contribution >= 0.6 is 11.6 Å². The van der Waals surface area contributed by atoms with Gasteiger partial charge in [0.15, 0.2) is 0 Å². The van der Waals surface area contributed by atoms with E-state index in [-0.39, 0.29) is 17.1 Å². The van der Waals surface area contributed by atoms with E-state index in [1.54, 1.807) is 12.1 Å². The van der Waals surface area contributed by atoms with Crippen molar-refractivity contribution in [1.29, 1.82) is 0 Å². The molecule has 6 heteroatoms. The van der Waals surface area contributed by atoms with Gasteiger partial charge in [-0.15, -0.1) is 0 Å². The van der Waals surface area contributed by atoms with E-state index in [1.165, 1.54) is 0 Å². The summed E-state index contributed by atoms with van der Waals surface area (Å²) in [6.07, 6.45) is 4.10. The second kappa shape index (κ2) is 7.61. The molecule has 0 saturated heterocycles. The molecular formula is C15H22ClN3O2. The molecule has 0 bridgehead atoms. The van der Waals surface area contributed by atoms with E-state index >= 15 is 0 Å². The first-order valence-corrected chi connectivity index (χ1v) is 7.88. The lowest BCUT2D eigenvalue weighted by Gasteiger charge is -2.28. The van der Waals surface area contributed by atoms with Gasteiger partial charge in [-0.1, -0.05) is 31.4 Å². The van der Waals surface area contributed by atoms with Crippen LogP contribution in [0.2, 0.25) is 5.15 Å². The van der Waals surface area contributed by atoms with Crippen LogP contribution in [0.25, 0.3) is 0 Å². The maximum atomic E-state index is 12.3. The van der Waals surface area contributed by atoms with Gasteiger partial charge in [-0.2, -0.15) is 0 Å². The number of carbonyl (C=O) groups excluding carboxylic acids is 1. The predicted molar refractivity (Wildman–Crippen MR) is 83.8 cm³/mol. The molecule has 1 saturated carbocycles. The molecule has 21 heavy (non-hydrogen) atoms. The van der Waals surface area contributed by atoms with Gasteiger partial charge in [-0.3, -0.25) is 4.79 Å². The van der Waals surface area contributed by atoms with E-state index in [0.29, 0.717) is 11.4 Å².